The molecular formula is C18H28O8. The maximum absolute atomic E-state index is 11.8. The molecule has 0 bridgehead atoms. The number of esters is 2. The Labute approximate surface area is 153 Å². The molecule has 0 amide bonds. The van der Waals surface area contributed by atoms with Crippen molar-refractivity contribution in [3.63, 3.8) is 0 Å². The van der Waals surface area contributed by atoms with Crippen LogP contribution in [0.1, 0.15) is 27.7 Å². The zero-order valence-electron chi connectivity index (χ0n) is 15.8. The summed E-state index contributed by atoms with van der Waals surface area (Å²) in [5.41, 5.74) is 0.282. The summed E-state index contributed by atoms with van der Waals surface area (Å²) < 4.78 is 32.6. The molecule has 2 fully saturated rings. The van der Waals surface area contributed by atoms with E-state index in [0.29, 0.717) is 13.2 Å². The first-order valence-corrected chi connectivity index (χ1v) is 8.62. The fourth-order valence-electron chi connectivity index (χ4n) is 2.61. The minimum atomic E-state index is -0.657. The van der Waals surface area contributed by atoms with Gasteiger partial charge in [0, 0.05) is 5.57 Å². The maximum atomic E-state index is 11.8. The van der Waals surface area contributed by atoms with E-state index in [9.17, 15) is 9.59 Å². The van der Waals surface area contributed by atoms with Crippen LogP contribution in [0.25, 0.3) is 0 Å². The number of ether oxygens (including phenoxy) is 6. The molecule has 0 aromatic heterocycles. The van der Waals surface area contributed by atoms with Crippen LogP contribution in [0.4, 0.5) is 0 Å². The van der Waals surface area contributed by atoms with Gasteiger partial charge < -0.3 is 28.4 Å². The molecular weight excluding hydrogens is 344 g/mol. The summed E-state index contributed by atoms with van der Waals surface area (Å²) in [6.45, 7) is 12.0. The number of hydrogen-bond donors (Lipinski definition) is 0. The van der Waals surface area contributed by atoms with Crippen LogP contribution in [-0.4, -0.2) is 69.6 Å². The maximum Gasteiger partial charge on any atom is 0.344 e. The molecule has 2 heterocycles. The fourth-order valence-corrected chi connectivity index (χ4v) is 2.61. The lowest BCUT2D eigenvalue weighted by molar-refractivity contribution is -0.164. The normalized spacial score (nSPS) is 27.8. The predicted octanol–water partition coefficient (Wildman–Crippen LogP) is 1.22. The second-order valence-electron chi connectivity index (χ2n) is 7.71. The van der Waals surface area contributed by atoms with Crippen LogP contribution >= 0.6 is 0 Å². The van der Waals surface area contributed by atoms with Crippen LogP contribution in [-0.2, 0) is 38.0 Å². The molecule has 0 unspecified atom stereocenters. The van der Waals surface area contributed by atoms with E-state index in [2.05, 4.69) is 27.4 Å². The molecule has 26 heavy (non-hydrogen) atoms. The highest BCUT2D eigenvalue weighted by molar-refractivity contribution is 5.88. The molecule has 0 spiro atoms. The zero-order valence-corrected chi connectivity index (χ0v) is 15.8. The van der Waals surface area contributed by atoms with Crippen LogP contribution in [0.5, 0.6) is 0 Å². The second kappa shape index (κ2) is 8.94. The number of hydrogen-bond acceptors (Lipinski definition) is 8. The van der Waals surface area contributed by atoms with Gasteiger partial charge in [-0.2, -0.15) is 0 Å². The second-order valence-corrected chi connectivity index (χ2v) is 7.71. The smallest absolute Gasteiger partial charge is 0.344 e. The van der Waals surface area contributed by atoms with Gasteiger partial charge in [0.05, 0.1) is 19.8 Å². The molecule has 2 aliphatic rings. The largest absolute Gasteiger partial charge is 0.454 e. The van der Waals surface area contributed by atoms with Gasteiger partial charge in [0.2, 0.25) is 0 Å². The number of carbonyl (C=O) groups excluding carboxylic acids is 2. The summed E-state index contributed by atoms with van der Waals surface area (Å²) >= 11 is 0. The SMILES string of the molecule is C=C(C)C(=O)OCC(=O)O[C@H]1CO[C@H]2[C@@H]1OC[C@H]2OCOCC(C)(C)C. The minimum absolute atomic E-state index is 0.0643. The van der Waals surface area contributed by atoms with E-state index in [0.717, 1.165) is 0 Å². The molecule has 8 nitrogen and oxygen atoms in total. The fraction of sp³-hybridized carbons (Fsp3) is 0.778. The van der Waals surface area contributed by atoms with Gasteiger partial charge in [-0.1, -0.05) is 27.4 Å². The summed E-state index contributed by atoms with van der Waals surface area (Å²) in [6.07, 6.45) is -1.54. The Bertz CT molecular complexity index is 524. The van der Waals surface area contributed by atoms with E-state index in [4.69, 9.17) is 28.4 Å². The molecule has 2 aliphatic heterocycles. The van der Waals surface area contributed by atoms with Gasteiger partial charge in [-0.15, -0.1) is 0 Å². The van der Waals surface area contributed by atoms with Gasteiger partial charge in [0.25, 0.3) is 0 Å². The van der Waals surface area contributed by atoms with Crippen molar-refractivity contribution < 1.29 is 38.0 Å². The van der Waals surface area contributed by atoms with E-state index in [1.807, 2.05) is 0 Å². The molecule has 148 valence electrons. The van der Waals surface area contributed by atoms with E-state index < -0.39 is 30.8 Å². The lowest BCUT2D eigenvalue weighted by Crippen LogP contribution is -2.36. The highest BCUT2D eigenvalue weighted by atomic mass is 16.7. The molecule has 4 atom stereocenters. The Morgan fingerprint density at radius 3 is 2.35 bits per heavy atom. The number of fused-ring (bicyclic) bond motifs is 1. The average molecular weight is 372 g/mol. The van der Waals surface area contributed by atoms with Crippen molar-refractivity contribution in [3.05, 3.63) is 12.2 Å². The van der Waals surface area contributed by atoms with Crippen LogP contribution in [0, 0.1) is 5.41 Å². The van der Waals surface area contributed by atoms with E-state index in [1.165, 1.54) is 6.92 Å². The summed E-state index contributed by atoms with van der Waals surface area (Å²) in [6, 6.07) is 0. The Kier molecular flexibility index (Phi) is 7.16. The molecule has 2 rings (SSSR count). The number of rotatable bonds is 8. The third kappa shape index (κ3) is 6.05. The van der Waals surface area contributed by atoms with Crippen LogP contribution in [0.2, 0.25) is 0 Å². The lowest BCUT2D eigenvalue weighted by Gasteiger charge is -2.20. The Balaban J connectivity index is 1.71. The highest BCUT2D eigenvalue weighted by Crippen LogP contribution is 2.30. The van der Waals surface area contributed by atoms with E-state index >= 15 is 0 Å². The molecule has 0 N–H and O–H groups in total. The summed E-state index contributed by atoms with van der Waals surface area (Å²) in [5.74, 6) is -1.29. The quantitative estimate of drug-likeness (QED) is 0.272. The van der Waals surface area contributed by atoms with Crippen molar-refractivity contribution >= 4 is 11.9 Å². The first-order chi connectivity index (χ1) is 12.2. The number of carbonyl (C=O) groups is 2. The van der Waals surface area contributed by atoms with Gasteiger partial charge >= 0.3 is 11.9 Å². The Hall–Kier alpha value is -1.48. The predicted molar refractivity (Wildman–Crippen MR) is 90.3 cm³/mol. The van der Waals surface area contributed by atoms with Gasteiger partial charge in [0.15, 0.2) is 12.7 Å². The van der Waals surface area contributed by atoms with Gasteiger partial charge in [-0.05, 0) is 12.3 Å². The van der Waals surface area contributed by atoms with Crippen molar-refractivity contribution in [1.82, 2.24) is 0 Å². The third-order valence-corrected chi connectivity index (χ3v) is 3.82. The van der Waals surface area contributed by atoms with Crippen molar-refractivity contribution in [2.45, 2.75) is 52.1 Å². The van der Waals surface area contributed by atoms with E-state index in [-0.39, 0.29) is 36.6 Å². The van der Waals surface area contributed by atoms with Gasteiger partial charge in [-0.3, -0.25) is 0 Å². The summed E-state index contributed by atoms with van der Waals surface area (Å²) in [7, 11) is 0. The molecule has 0 radical (unpaired) electrons. The summed E-state index contributed by atoms with van der Waals surface area (Å²) in [4.78, 5) is 23.1. The topological polar surface area (TPSA) is 89.5 Å². The summed E-state index contributed by atoms with van der Waals surface area (Å²) in [5, 5.41) is 0. The monoisotopic (exact) mass is 372 g/mol. The molecule has 0 aromatic rings. The first kappa shape index (κ1) is 20.8. The molecule has 0 aromatic carbocycles. The third-order valence-electron chi connectivity index (χ3n) is 3.82. The Morgan fingerprint density at radius 1 is 1.12 bits per heavy atom. The lowest BCUT2D eigenvalue weighted by atomic mass is 9.99. The van der Waals surface area contributed by atoms with Crippen molar-refractivity contribution in [2.75, 3.05) is 33.2 Å². The van der Waals surface area contributed by atoms with Gasteiger partial charge in [0.1, 0.15) is 25.1 Å². The Morgan fingerprint density at radius 2 is 1.73 bits per heavy atom. The first-order valence-electron chi connectivity index (χ1n) is 8.62. The molecule has 2 saturated heterocycles. The van der Waals surface area contributed by atoms with Crippen LogP contribution < -0.4 is 0 Å². The van der Waals surface area contributed by atoms with Crippen LogP contribution in [0.3, 0.4) is 0 Å². The van der Waals surface area contributed by atoms with Crippen molar-refractivity contribution in [1.29, 1.82) is 0 Å². The molecule has 8 heteroatoms. The van der Waals surface area contributed by atoms with Gasteiger partial charge in [-0.25, -0.2) is 9.59 Å². The molecule has 0 saturated carbocycles. The van der Waals surface area contributed by atoms with E-state index in [1.54, 1.807) is 0 Å². The van der Waals surface area contributed by atoms with Crippen LogP contribution in [0.15, 0.2) is 12.2 Å². The average Bonchev–Trinajstić information content (AvgIpc) is 3.11. The molecule has 0 aliphatic carbocycles. The standard InChI is InChI=1S/C18H28O8/c1-11(2)17(20)24-8-14(19)26-13-7-23-15-12(6-22-16(13)15)25-10-21-9-18(3,4)5/h12-13,15-16H,1,6-10H2,2-5H3/t12-,13+,15-,16-/m1/s1. The highest BCUT2D eigenvalue weighted by Gasteiger charge is 2.50. The van der Waals surface area contributed by atoms with Crippen molar-refractivity contribution in [2.24, 2.45) is 5.41 Å². The van der Waals surface area contributed by atoms with Crippen molar-refractivity contribution in [3.8, 4) is 0 Å². The minimum Gasteiger partial charge on any atom is -0.454 e. The zero-order chi connectivity index (χ0) is 19.3.